The second kappa shape index (κ2) is 5.76. The molecule has 102 valence electrons. The molecule has 2 rings (SSSR count). The fourth-order valence-corrected chi connectivity index (χ4v) is 2.34. The van der Waals surface area contributed by atoms with Crippen LogP contribution in [0.3, 0.4) is 0 Å². The molecule has 0 spiro atoms. The van der Waals surface area contributed by atoms with Crippen LogP contribution >= 0.6 is 11.6 Å². The average molecular weight is 278 g/mol. The van der Waals surface area contributed by atoms with Crippen LogP contribution in [0, 0.1) is 13.8 Å². The number of halogens is 1. The highest BCUT2D eigenvalue weighted by atomic mass is 35.5. The van der Waals surface area contributed by atoms with E-state index in [0.29, 0.717) is 5.15 Å². The first-order chi connectivity index (χ1) is 8.99. The zero-order chi connectivity index (χ0) is 14.0. The Morgan fingerprint density at radius 3 is 2.42 bits per heavy atom. The molecule has 0 amide bonds. The summed E-state index contributed by atoms with van der Waals surface area (Å²) in [6.45, 7) is 6.97. The van der Waals surface area contributed by atoms with E-state index in [0.717, 1.165) is 17.8 Å². The summed E-state index contributed by atoms with van der Waals surface area (Å²) in [5.74, 6) is 0. The topological polar surface area (TPSA) is 29.9 Å². The maximum atomic E-state index is 6.22. The molecule has 1 N–H and O–H groups in total. The SMILES string of the molecule is Cc1ccc([C@H](C)NCc2c(C)nn(C)c2Cl)cc1. The molecule has 1 atom stereocenters. The Morgan fingerprint density at radius 2 is 1.89 bits per heavy atom. The summed E-state index contributed by atoms with van der Waals surface area (Å²) in [6, 6.07) is 8.87. The third-order valence-electron chi connectivity index (χ3n) is 3.43. The molecule has 1 aromatic carbocycles. The molecule has 2 aromatic rings. The van der Waals surface area contributed by atoms with Crippen LogP contribution in [0.2, 0.25) is 5.15 Å². The lowest BCUT2D eigenvalue weighted by Crippen LogP contribution is -2.18. The second-order valence-electron chi connectivity index (χ2n) is 4.99. The normalized spacial score (nSPS) is 12.7. The van der Waals surface area contributed by atoms with Gasteiger partial charge in [0, 0.05) is 25.2 Å². The molecule has 19 heavy (non-hydrogen) atoms. The molecule has 0 fully saturated rings. The summed E-state index contributed by atoms with van der Waals surface area (Å²) in [7, 11) is 1.86. The first-order valence-electron chi connectivity index (χ1n) is 6.47. The van der Waals surface area contributed by atoms with Gasteiger partial charge in [0.05, 0.1) is 5.69 Å². The van der Waals surface area contributed by atoms with E-state index in [4.69, 9.17) is 11.6 Å². The Bertz CT molecular complexity index is 558. The number of benzene rings is 1. The molecule has 0 bridgehead atoms. The molecular weight excluding hydrogens is 258 g/mol. The van der Waals surface area contributed by atoms with Crippen LogP contribution < -0.4 is 5.32 Å². The molecule has 0 saturated carbocycles. The van der Waals surface area contributed by atoms with Gasteiger partial charge in [-0.05, 0) is 26.3 Å². The smallest absolute Gasteiger partial charge is 0.131 e. The van der Waals surface area contributed by atoms with E-state index in [-0.39, 0.29) is 6.04 Å². The molecule has 4 heteroatoms. The van der Waals surface area contributed by atoms with Crippen molar-refractivity contribution in [3.05, 3.63) is 51.8 Å². The molecule has 0 aliphatic heterocycles. The number of nitrogens with one attached hydrogen (secondary N) is 1. The van der Waals surface area contributed by atoms with Gasteiger partial charge in [-0.3, -0.25) is 4.68 Å². The monoisotopic (exact) mass is 277 g/mol. The van der Waals surface area contributed by atoms with Crippen molar-refractivity contribution in [2.45, 2.75) is 33.4 Å². The van der Waals surface area contributed by atoms with Gasteiger partial charge in [-0.15, -0.1) is 0 Å². The van der Waals surface area contributed by atoms with Crippen molar-refractivity contribution in [2.24, 2.45) is 7.05 Å². The second-order valence-corrected chi connectivity index (χ2v) is 5.35. The molecule has 0 saturated heterocycles. The zero-order valence-electron chi connectivity index (χ0n) is 11.9. The average Bonchev–Trinajstić information content (AvgIpc) is 2.62. The van der Waals surface area contributed by atoms with Crippen LogP contribution in [0.15, 0.2) is 24.3 Å². The van der Waals surface area contributed by atoms with E-state index in [9.17, 15) is 0 Å². The van der Waals surface area contributed by atoms with Crippen molar-refractivity contribution in [3.63, 3.8) is 0 Å². The van der Waals surface area contributed by atoms with Crippen molar-refractivity contribution >= 4 is 11.6 Å². The number of aryl methyl sites for hydroxylation is 3. The van der Waals surface area contributed by atoms with Crippen LogP contribution in [-0.2, 0) is 13.6 Å². The van der Waals surface area contributed by atoms with Gasteiger partial charge >= 0.3 is 0 Å². The van der Waals surface area contributed by atoms with Crippen molar-refractivity contribution in [1.29, 1.82) is 0 Å². The van der Waals surface area contributed by atoms with Gasteiger partial charge in [-0.1, -0.05) is 41.4 Å². The molecule has 0 radical (unpaired) electrons. The first kappa shape index (κ1) is 14.1. The largest absolute Gasteiger partial charge is 0.306 e. The van der Waals surface area contributed by atoms with Crippen molar-refractivity contribution in [1.82, 2.24) is 15.1 Å². The molecule has 0 aliphatic carbocycles. The molecule has 0 unspecified atom stereocenters. The van der Waals surface area contributed by atoms with Gasteiger partial charge in [-0.2, -0.15) is 5.10 Å². The van der Waals surface area contributed by atoms with Crippen LogP contribution in [0.1, 0.15) is 35.3 Å². The summed E-state index contributed by atoms with van der Waals surface area (Å²) in [4.78, 5) is 0. The van der Waals surface area contributed by atoms with Crippen molar-refractivity contribution in [2.75, 3.05) is 0 Å². The van der Waals surface area contributed by atoms with E-state index in [2.05, 4.69) is 48.5 Å². The molecule has 0 aliphatic rings. The number of rotatable bonds is 4. The van der Waals surface area contributed by atoms with Crippen LogP contribution in [0.4, 0.5) is 0 Å². The van der Waals surface area contributed by atoms with E-state index in [1.807, 2.05) is 14.0 Å². The van der Waals surface area contributed by atoms with E-state index >= 15 is 0 Å². The third-order valence-corrected chi connectivity index (χ3v) is 3.90. The van der Waals surface area contributed by atoms with Gasteiger partial charge in [0.15, 0.2) is 0 Å². The fourth-order valence-electron chi connectivity index (χ4n) is 2.10. The predicted octanol–water partition coefficient (Wildman–Crippen LogP) is 3.54. The maximum absolute atomic E-state index is 6.22. The predicted molar refractivity (Wildman–Crippen MR) is 79.4 cm³/mol. The Labute approximate surface area is 119 Å². The third kappa shape index (κ3) is 3.17. The Kier molecular flexibility index (Phi) is 4.27. The van der Waals surface area contributed by atoms with Crippen LogP contribution in [0.25, 0.3) is 0 Å². The highest BCUT2D eigenvalue weighted by Gasteiger charge is 2.12. The van der Waals surface area contributed by atoms with Crippen molar-refractivity contribution in [3.8, 4) is 0 Å². The highest BCUT2D eigenvalue weighted by Crippen LogP contribution is 2.20. The van der Waals surface area contributed by atoms with Gasteiger partial charge in [0.2, 0.25) is 0 Å². The number of hydrogen-bond acceptors (Lipinski definition) is 2. The number of aromatic nitrogens is 2. The summed E-state index contributed by atoms with van der Waals surface area (Å²) in [5.41, 5.74) is 4.62. The number of nitrogens with zero attached hydrogens (tertiary/aromatic N) is 2. The maximum Gasteiger partial charge on any atom is 0.131 e. The van der Waals surface area contributed by atoms with Gasteiger partial charge < -0.3 is 5.32 Å². The summed E-state index contributed by atoms with van der Waals surface area (Å²) in [5, 5.41) is 8.52. The van der Waals surface area contributed by atoms with Crippen molar-refractivity contribution < 1.29 is 0 Å². The Hall–Kier alpha value is -1.32. The Morgan fingerprint density at radius 1 is 1.26 bits per heavy atom. The zero-order valence-corrected chi connectivity index (χ0v) is 12.6. The van der Waals surface area contributed by atoms with E-state index < -0.39 is 0 Å². The molecular formula is C15H20ClN3. The van der Waals surface area contributed by atoms with Gasteiger partial charge in [0.25, 0.3) is 0 Å². The van der Waals surface area contributed by atoms with Gasteiger partial charge in [-0.25, -0.2) is 0 Å². The molecule has 1 aromatic heterocycles. The minimum absolute atomic E-state index is 0.288. The van der Waals surface area contributed by atoms with Crippen LogP contribution in [0.5, 0.6) is 0 Å². The summed E-state index contributed by atoms with van der Waals surface area (Å²) < 4.78 is 1.71. The first-order valence-corrected chi connectivity index (χ1v) is 6.84. The summed E-state index contributed by atoms with van der Waals surface area (Å²) in [6.07, 6.45) is 0. The standard InChI is InChI=1S/C15H20ClN3/c1-10-5-7-13(8-6-10)11(2)17-9-14-12(3)18-19(4)15(14)16/h5-8,11,17H,9H2,1-4H3/t11-/m0/s1. The van der Waals surface area contributed by atoms with Crippen LogP contribution in [-0.4, -0.2) is 9.78 Å². The lowest BCUT2D eigenvalue weighted by atomic mass is 10.1. The van der Waals surface area contributed by atoms with Gasteiger partial charge in [0.1, 0.15) is 5.15 Å². The molecule has 1 heterocycles. The van der Waals surface area contributed by atoms with E-state index in [1.165, 1.54) is 11.1 Å². The number of hydrogen-bond donors (Lipinski definition) is 1. The lowest BCUT2D eigenvalue weighted by molar-refractivity contribution is 0.573. The quantitative estimate of drug-likeness (QED) is 0.926. The molecule has 3 nitrogen and oxygen atoms in total. The fraction of sp³-hybridized carbons (Fsp3) is 0.400. The highest BCUT2D eigenvalue weighted by molar-refractivity contribution is 6.30. The summed E-state index contributed by atoms with van der Waals surface area (Å²) >= 11 is 6.22. The minimum atomic E-state index is 0.288. The lowest BCUT2D eigenvalue weighted by Gasteiger charge is -2.14. The minimum Gasteiger partial charge on any atom is -0.306 e. The van der Waals surface area contributed by atoms with E-state index in [1.54, 1.807) is 4.68 Å². The Balaban J connectivity index is 2.04.